The molecule has 1 saturated heterocycles. The van der Waals surface area contributed by atoms with E-state index < -0.39 is 0 Å². The summed E-state index contributed by atoms with van der Waals surface area (Å²) < 4.78 is 7.38. The predicted octanol–water partition coefficient (Wildman–Crippen LogP) is 1.59. The summed E-state index contributed by atoms with van der Waals surface area (Å²) in [5.74, 6) is 0.417. The van der Waals surface area contributed by atoms with Crippen molar-refractivity contribution in [3.05, 3.63) is 36.7 Å². The maximum atomic E-state index is 12.1. The molecule has 1 aliphatic rings. The summed E-state index contributed by atoms with van der Waals surface area (Å²) in [7, 11) is 0. The van der Waals surface area contributed by atoms with E-state index in [1.54, 1.807) is 10.9 Å². The second-order valence-corrected chi connectivity index (χ2v) is 6.00. The number of nitrogens with zero attached hydrogens (tertiary/aromatic N) is 5. The molecule has 1 aromatic carbocycles. The highest BCUT2D eigenvalue weighted by atomic mass is 32.2. The molecular weight excluding hydrogens is 302 g/mol. The quantitative estimate of drug-likeness (QED) is 0.681. The van der Waals surface area contributed by atoms with Crippen LogP contribution in [0, 0.1) is 0 Å². The monoisotopic (exact) mass is 315 g/mol. The number of carbonyl (C=O) groups is 1. The minimum atomic E-state index is 0.0867. The van der Waals surface area contributed by atoms with Crippen molar-refractivity contribution in [1.29, 1.82) is 0 Å². The van der Waals surface area contributed by atoms with Gasteiger partial charge in [0.05, 0.1) is 18.0 Å². The van der Waals surface area contributed by atoms with Gasteiger partial charge in [-0.2, -0.15) is 0 Å². The van der Waals surface area contributed by atoms with Gasteiger partial charge in [0.2, 0.25) is 5.91 Å². The van der Waals surface area contributed by atoms with Crippen LogP contribution in [-0.4, -0.2) is 49.6 Å². The van der Waals surface area contributed by atoms with E-state index in [2.05, 4.69) is 15.3 Å². The van der Waals surface area contributed by atoms with Gasteiger partial charge < -0.3 is 9.32 Å². The first-order valence-corrected chi connectivity index (χ1v) is 7.90. The number of amides is 1. The highest BCUT2D eigenvalue weighted by Crippen LogP contribution is 2.25. The third kappa shape index (κ3) is 2.45. The van der Waals surface area contributed by atoms with E-state index in [-0.39, 0.29) is 11.9 Å². The second kappa shape index (κ2) is 5.45. The van der Waals surface area contributed by atoms with Gasteiger partial charge in [-0.3, -0.25) is 4.79 Å². The minimum Gasteiger partial charge on any atom is -0.431 e. The highest BCUT2D eigenvalue weighted by molar-refractivity contribution is 7.99. The van der Waals surface area contributed by atoms with Crippen LogP contribution < -0.4 is 0 Å². The molecule has 0 spiro atoms. The molecule has 2 aromatic heterocycles. The van der Waals surface area contributed by atoms with E-state index in [0.717, 1.165) is 11.1 Å². The smallest absolute Gasteiger partial charge is 0.257 e. The Morgan fingerprint density at radius 3 is 3.00 bits per heavy atom. The molecule has 1 fully saturated rings. The molecule has 0 aliphatic carbocycles. The van der Waals surface area contributed by atoms with Gasteiger partial charge >= 0.3 is 0 Å². The van der Waals surface area contributed by atoms with E-state index in [0.29, 0.717) is 24.1 Å². The van der Waals surface area contributed by atoms with Crippen LogP contribution >= 0.6 is 11.8 Å². The van der Waals surface area contributed by atoms with Gasteiger partial charge in [-0.1, -0.05) is 29.1 Å². The number of aromatic nitrogens is 4. The number of fused-ring (bicyclic) bond motifs is 1. The van der Waals surface area contributed by atoms with E-state index >= 15 is 0 Å². The third-order valence-corrected chi connectivity index (χ3v) is 4.44. The summed E-state index contributed by atoms with van der Waals surface area (Å²) in [5, 5.41) is 8.26. The Hall–Kier alpha value is -2.35. The standard InChI is InChI=1S/C14H13N5O2S/c20-13(18-7-10(8-18)19-6-5-15-17-19)9-22-14-16-11-3-1-2-4-12(11)21-14/h1-6,10H,7-9H2. The molecule has 112 valence electrons. The molecule has 1 amide bonds. The Morgan fingerprint density at radius 1 is 1.36 bits per heavy atom. The highest BCUT2D eigenvalue weighted by Gasteiger charge is 2.32. The van der Waals surface area contributed by atoms with Gasteiger partial charge in [0, 0.05) is 19.3 Å². The van der Waals surface area contributed by atoms with Crippen molar-refractivity contribution in [3.8, 4) is 0 Å². The maximum absolute atomic E-state index is 12.1. The molecule has 0 atom stereocenters. The Morgan fingerprint density at radius 2 is 2.23 bits per heavy atom. The lowest BCUT2D eigenvalue weighted by molar-refractivity contribution is -0.134. The first kappa shape index (κ1) is 13.3. The SMILES string of the molecule is O=C(CSc1nc2ccccc2o1)N1CC(n2ccnn2)C1. The number of hydrogen-bond acceptors (Lipinski definition) is 6. The Balaban J connectivity index is 1.32. The minimum absolute atomic E-state index is 0.0867. The topological polar surface area (TPSA) is 77.0 Å². The number of benzene rings is 1. The van der Waals surface area contributed by atoms with Crippen molar-refractivity contribution in [1.82, 2.24) is 24.9 Å². The van der Waals surface area contributed by atoms with Gasteiger partial charge in [-0.05, 0) is 12.1 Å². The summed E-state index contributed by atoms with van der Waals surface area (Å²) in [6.45, 7) is 1.35. The molecular formula is C14H13N5O2S. The number of rotatable bonds is 4. The van der Waals surface area contributed by atoms with E-state index in [9.17, 15) is 4.79 Å². The van der Waals surface area contributed by atoms with Gasteiger partial charge in [-0.15, -0.1) is 5.10 Å². The molecule has 4 rings (SSSR count). The molecule has 3 aromatic rings. The lowest BCUT2D eigenvalue weighted by Crippen LogP contribution is -2.51. The predicted molar refractivity (Wildman–Crippen MR) is 80.4 cm³/mol. The zero-order chi connectivity index (χ0) is 14.9. The third-order valence-electron chi connectivity index (χ3n) is 3.62. The average molecular weight is 315 g/mol. The molecule has 0 radical (unpaired) electrons. The summed E-state index contributed by atoms with van der Waals surface area (Å²) in [4.78, 5) is 18.3. The molecule has 0 bridgehead atoms. The average Bonchev–Trinajstić information content (AvgIpc) is 3.12. The largest absolute Gasteiger partial charge is 0.431 e. The van der Waals surface area contributed by atoms with Crippen LogP contribution in [0.4, 0.5) is 0 Å². The van der Waals surface area contributed by atoms with Crippen molar-refractivity contribution >= 4 is 28.8 Å². The number of oxazole rings is 1. The Labute approximate surface area is 130 Å². The molecule has 8 heteroatoms. The maximum Gasteiger partial charge on any atom is 0.257 e. The van der Waals surface area contributed by atoms with Gasteiger partial charge in [0.15, 0.2) is 5.58 Å². The Kier molecular flexibility index (Phi) is 3.30. The fourth-order valence-electron chi connectivity index (χ4n) is 2.37. The van der Waals surface area contributed by atoms with Crippen LogP contribution in [-0.2, 0) is 4.79 Å². The van der Waals surface area contributed by atoms with E-state index in [4.69, 9.17) is 4.42 Å². The van der Waals surface area contributed by atoms with Gasteiger partial charge in [0.1, 0.15) is 5.52 Å². The number of likely N-dealkylation sites (tertiary alicyclic amines) is 1. The number of thioether (sulfide) groups is 1. The molecule has 0 unspecified atom stereocenters. The van der Waals surface area contributed by atoms with Crippen LogP contribution in [0.15, 0.2) is 46.3 Å². The number of carbonyl (C=O) groups excluding carboxylic acids is 1. The summed E-state index contributed by atoms with van der Waals surface area (Å²) in [5.41, 5.74) is 1.56. The molecule has 0 saturated carbocycles. The lowest BCUT2D eigenvalue weighted by Gasteiger charge is -2.38. The van der Waals surface area contributed by atoms with Crippen LogP contribution in [0.25, 0.3) is 11.1 Å². The summed E-state index contributed by atoms with van der Waals surface area (Å²) in [6, 6.07) is 7.81. The molecule has 1 aliphatic heterocycles. The zero-order valence-electron chi connectivity index (χ0n) is 11.6. The van der Waals surface area contributed by atoms with Crippen molar-refractivity contribution < 1.29 is 9.21 Å². The molecule has 22 heavy (non-hydrogen) atoms. The van der Waals surface area contributed by atoms with Gasteiger partial charge in [0.25, 0.3) is 5.22 Å². The second-order valence-electron chi connectivity index (χ2n) is 5.07. The summed E-state index contributed by atoms with van der Waals surface area (Å²) >= 11 is 1.33. The normalized spacial score (nSPS) is 15.2. The lowest BCUT2D eigenvalue weighted by atomic mass is 10.1. The van der Waals surface area contributed by atoms with Crippen LogP contribution in [0.3, 0.4) is 0 Å². The zero-order valence-corrected chi connectivity index (χ0v) is 12.4. The molecule has 0 N–H and O–H groups in total. The van der Waals surface area contributed by atoms with E-state index in [1.807, 2.05) is 35.4 Å². The van der Waals surface area contributed by atoms with Crippen molar-refractivity contribution in [3.63, 3.8) is 0 Å². The number of hydrogen-bond donors (Lipinski definition) is 0. The Bertz CT molecular complexity index is 762. The van der Waals surface area contributed by atoms with Crippen molar-refractivity contribution in [2.24, 2.45) is 0 Å². The fourth-order valence-corrected chi connectivity index (χ4v) is 3.11. The first-order valence-electron chi connectivity index (χ1n) is 6.91. The molecule has 3 heterocycles. The van der Waals surface area contributed by atoms with Crippen molar-refractivity contribution in [2.45, 2.75) is 11.3 Å². The number of para-hydroxylation sites is 2. The van der Waals surface area contributed by atoms with Gasteiger partial charge in [-0.25, -0.2) is 9.67 Å². The van der Waals surface area contributed by atoms with Crippen LogP contribution in [0.2, 0.25) is 0 Å². The van der Waals surface area contributed by atoms with E-state index in [1.165, 1.54) is 11.8 Å². The fraction of sp³-hybridized carbons (Fsp3) is 0.286. The van der Waals surface area contributed by atoms with Crippen LogP contribution in [0.5, 0.6) is 0 Å². The molecule has 7 nitrogen and oxygen atoms in total. The van der Waals surface area contributed by atoms with Crippen LogP contribution in [0.1, 0.15) is 6.04 Å². The first-order chi connectivity index (χ1) is 10.8. The van der Waals surface area contributed by atoms with Crippen molar-refractivity contribution in [2.75, 3.05) is 18.8 Å². The summed E-state index contributed by atoms with van der Waals surface area (Å²) in [6.07, 6.45) is 3.47.